The number of alkyl halides is 1. The molecule has 0 rings (SSSR count). The number of unbranched alkanes of at least 4 members (excludes halogenated alkanes) is 1. The van der Waals surface area contributed by atoms with E-state index >= 15 is 0 Å². The number of ether oxygens (including phenoxy) is 2. The van der Waals surface area contributed by atoms with Crippen molar-refractivity contribution in [3.63, 3.8) is 0 Å². The smallest absolute Gasteiger partial charge is 0.410 e. The van der Waals surface area contributed by atoms with Crippen LogP contribution < -0.4 is 0 Å². The fraction of sp³-hybridized carbons (Fsp3) is 0.850. The molecule has 28 heavy (non-hydrogen) atoms. The van der Waals surface area contributed by atoms with Crippen LogP contribution >= 0.6 is 11.6 Å². The molecule has 0 aromatic rings. The molecule has 0 saturated heterocycles. The first-order valence-electron chi connectivity index (χ1n) is 9.98. The fourth-order valence-corrected chi connectivity index (χ4v) is 3.06. The molecule has 0 heterocycles. The fourth-order valence-electron chi connectivity index (χ4n) is 2.95. The molecule has 0 N–H and O–H groups in total. The van der Waals surface area contributed by atoms with E-state index in [1.807, 2.05) is 34.6 Å². The third-order valence-electron chi connectivity index (χ3n) is 4.47. The van der Waals surface area contributed by atoms with Crippen LogP contribution in [-0.2, 0) is 19.1 Å². The third-order valence-corrected chi connectivity index (χ3v) is 4.74. The van der Waals surface area contributed by atoms with Crippen molar-refractivity contribution >= 4 is 29.6 Å². The Hall–Kier alpha value is -1.50. The Balaban J connectivity index is 5.32. The molecule has 0 fully saturated rings. The highest BCUT2D eigenvalue weighted by atomic mass is 35.5. The largest absolute Gasteiger partial charge is 0.464 e. The van der Waals surface area contributed by atoms with Crippen LogP contribution in [0.15, 0.2) is 0 Å². The molecule has 0 aromatic carbocycles. The molecule has 8 heteroatoms. The van der Waals surface area contributed by atoms with E-state index in [0.717, 1.165) is 12.8 Å². The number of halogens is 1. The first-order valence-corrected chi connectivity index (χ1v) is 10.5. The van der Waals surface area contributed by atoms with Gasteiger partial charge in [0.1, 0.15) is 12.1 Å². The average molecular weight is 421 g/mol. The van der Waals surface area contributed by atoms with Crippen molar-refractivity contribution in [1.29, 1.82) is 0 Å². The van der Waals surface area contributed by atoms with Gasteiger partial charge in [-0.15, -0.1) is 11.6 Å². The minimum absolute atomic E-state index is 0.128. The Bertz CT molecular complexity index is 499. The summed E-state index contributed by atoms with van der Waals surface area (Å²) < 4.78 is 10.5. The van der Waals surface area contributed by atoms with E-state index in [-0.39, 0.29) is 24.3 Å². The zero-order valence-electron chi connectivity index (χ0n) is 18.4. The van der Waals surface area contributed by atoms with Crippen molar-refractivity contribution in [2.45, 2.75) is 66.0 Å². The van der Waals surface area contributed by atoms with Crippen LogP contribution in [0, 0.1) is 11.8 Å². The van der Waals surface area contributed by atoms with Gasteiger partial charge in [-0.3, -0.25) is 9.69 Å². The van der Waals surface area contributed by atoms with E-state index in [9.17, 15) is 14.4 Å². The highest BCUT2D eigenvalue weighted by Crippen LogP contribution is 2.19. The quantitative estimate of drug-likeness (QED) is 0.274. The first-order chi connectivity index (χ1) is 13.1. The molecule has 0 aliphatic carbocycles. The van der Waals surface area contributed by atoms with E-state index < -0.39 is 24.1 Å². The van der Waals surface area contributed by atoms with Gasteiger partial charge in [-0.25, -0.2) is 9.59 Å². The van der Waals surface area contributed by atoms with E-state index in [1.54, 1.807) is 7.05 Å². The molecule has 0 aromatic heterocycles. The highest BCUT2D eigenvalue weighted by molar-refractivity contribution is 6.17. The van der Waals surface area contributed by atoms with E-state index in [0.29, 0.717) is 18.9 Å². The molecule has 0 aliphatic heterocycles. The van der Waals surface area contributed by atoms with Crippen molar-refractivity contribution in [2.24, 2.45) is 11.8 Å². The van der Waals surface area contributed by atoms with Crippen molar-refractivity contribution in [2.75, 3.05) is 33.2 Å². The maximum absolute atomic E-state index is 13.2. The van der Waals surface area contributed by atoms with E-state index in [2.05, 4.69) is 0 Å². The molecule has 0 aliphatic rings. The Morgan fingerprint density at radius 2 is 1.39 bits per heavy atom. The van der Waals surface area contributed by atoms with E-state index in [4.69, 9.17) is 21.1 Å². The number of likely N-dealkylation sites (N-methyl/N-ethyl adjacent to an activating group) is 2. The number of hydrogen-bond donors (Lipinski definition) is 0. The summed E-state index contributed by atoms with van der Waals surface area (Å²) in [5.41, 5.74) is 0. The van der Waals surface area contributed by atoms with Gasteiger partial charge in [0.25, 0.3) is 0 Å². The van der Waals surface area contributed by atoms with Gasteiger partial charge in [0.2, 0.25) is 5.91 Å². The molecule has 164 valence electrons. The lowest BCUT2D eigenvalue weighted by molar-refractivity contribution is -0.158. The molecule has 0 saturated carbocycles. The van der Waals surface area contributed by atoms with Crippen molar-refractivity contribution in [1.82, 2.24) is 9.80 Å². The Morgan fingerprint density at radius 1 is 0.857 bits per heavy atom. The van der Waals surface area contributed by atoms with Crippen LogP contribution in [-0.4, -0.2) is 73.0 Å². The summed E-state index contributed by atoms with van der Waals surface area (Å²) in [5, 5.41) is 0. The summed E-state index contributed by atoms with van der Waals surface area (Å²) in [6.07, 6.45) is 1.65. The van der Waals surface area contributed by atoms with Crippen LogP contribution in [0.1, 0.15) is 53.9 Å². The first kappa shape index (κ1) is 26.5. The minimum atomic E-state index is -0.752. The molecular formula is C20H37ClN2O5. The number of nitrogens with zero attached hydrogens (tertiary/aromatic N) is 2. The van der Waals surface area contributed by atoms with Gasteiger partial charge in [0.15, 0.2) is 0 Å². The lowest BCUT2D eigenvalue weighted by Crippen LogP contribution is -2.56. The Morgan fingerprint density at radius 3 is 1.86 bits per heavy atom. The molecule has 2 atom stereocenters. The number of rotatable bonds is 12. The normalized spacial score (nSPS) is 13.2. The second kappa shape index (κ2) is 13.6. The van der Waals surface area contributed by atoms with Gasteiger partial charge in [-0.05, 0) is 24.7 Å². The van der Waals surface area contributed by atoms with Gasteiger partial charge in [-0.1, -0.05) is 41.0 Å². The SMILES string of the molecule is CCCCOC(=O)C(C(C)C)N(C)C(=O)C(C(C)C)N(C)C(=O)OCCCCl. The van der Waals surface area contributed by atoms with Gasteiger partial charge >= 0.3 is 12.1 Å². The summed E-state index contributed by atoms with van der Waals surface area (Å²) >= 11 is 5.60. The Labute approximate surface area is 174 Å². The second-order valence-electron chi connectivity index (χ2n) is 7.62. The van der Waals surface area contributed by atoms with Crippen LogP contribution in [0.5, 0.6) is 0 Å². The number of carbonyl (C=O) groups excluding carboxylic acids is 3. The minimum Gasteiger partial charge on any atom is -0.464 e. The second-order valence-corrected chi connectivity index (χ2v) is 7.99. The maximum atomic E-state index is 13.2. The molecule has 7 nitrogen and oxygen atoms in total. The van der Waals surface area contributed by atoms with Gasteiger partial charge in [-0.2, -0.15) is 0 Å². The summed E-state index contributed by atoms with van der Waals surface area (Å²) in [4.78, 5) is 40.7. The van der Waals surface area contributed by atoms with Crippen LogP contribution in [0.25, 0.3) is 0 Å². The van der Waals surface area contributed by atoms with Crippen molar-refractivity contribution in [3.05, 3.63) is 0 Å². The number of hydrogen-bond acceptors (Lipinski definition) is 5. The van der Waals surface area contributed by atoms with E-state index in [1.165, 1.54) is 16.8 Å². The standard InChI is InChI=1S/C20H37ClN2O5/c1-8-9-12-27-19(25)17(15(4)5)22(6)18(24)16(14(2)3)23(7)20(26)28-13-10-11-21/h14-17H,8-13H2,1-7H3. The Kier molecular flexibility index (Phi) is 12.9. The van der Waals surface area contributed by atoms with Crippen LogP contribution in [0.2, 0.25) is 0 Å². The number of carbonyl (C=O) groups is 3. The summed E-state index contributed by atoms with van der Waals surface area (Å²) in [7, 11) is 3.11. The topological polar surface area (TPSA) is 76.2 Å². The highest BCUT2D eigenvalue weighted by Gasteiger charge is 2.38. The predicted molar refractivity (Wildman–Crippen MR) is 110 cm³/mol. The third kappa shape index (κ3) is 8.25. The van der Waals surface area contributed by atoms with Gasteiger partial charge < -0.3 is 14.4 Å². The lowest BCUT2D eigenvalue weighted by Gasteiger charge is -2.36. The maximum Gasteiger partial charge on any atom is 0.410 e. The van der Waals surface area contributed by atoms with Gasteiger partial charge in [0, 0.05) is 20.0 Å². The van der Waals surface area contributed by atoms with Crippen LogP contribution in [0.3, 0.4) is 0 Å². The molecule has 2 amide bonds. The molecule has 2 unspecified atom stereocenters. The molecule has 0 bridgehead atoms. The predicted octanol–water partition coefficient (Wildman–Crippen LogP) is 3.53. The lowest BCUT2D eigenvalue weighted by atomic mass is 9.98. The summed E-state index contributed by atoms with van der Waals surface area (Å²) in [5.74, 6) is -0.643. The van der Waals surface area contributed by atoms with Crippen molar-refractivity contribution < 1.29 is 23.9 Å². The summed E-state index contributed by atoms with van der Waals surface area (Å²) in [6, 6.07) is -1.47. The number of esters is 1. The molecular weight excluding hydrogens is 384 g/mol. The number of amides is 2. The molecule has 0 radical (unpaired) electrons. The monoisotopic (exact) mass is 420 g/mol. The zero-order valence-corrected chi connectivity index (χ0v) is 19.1. The average Bonchev–Trinajstić information content (AvgIpc) is 2.61. The molecule has 0 spiro atoms. The van der Waals surface area contributed by atoms with Crippen molar-refractivity contribution in [3.8, 4) is 0 Å². The van der Waals surface area contributed by atoms with Crippen LogP contribution in [0.4, 0.5) is 4.79 Å². The summed E-state index contributed by atoms with van der Waals surface area (Å²) in [6.45, 7) is 9.97. The zero-order chi connectivity index (χ0) is 21.9. The van der Waals surface area contributed by atoms with Gasteiger partial charge in [0.05, 0.1) is 13.2 Å².